The van der Waals surface area contributed by atoms with Crippen molar-refractivity contribution in [2.24, 2.45) is 11.8 Å². The molecule has 1 aliphatic carbocycles. The Bertz CT molecular complexity index is 581. The highest BCUT2D eigenvalue weighted by atomic mass is 79.9. The molecule has 0 aliphatic heterocycles. The Morgan fingerprint density at radius 3 is 2.43 bits per heavy atom. The number of hydrogen-bond donors (Lipinski definition) is 2. The molecule has 1 aromatic rings. The predicted molar refractivity (Wildman–Crippen MR) is 89.5 cm³/mol. The van der Waals surface area contributed by atoms with E-state index < -0.39 is 10.0 Å². The molecule has 1 aromatic carbocycles. The van der Waals surface area contributed by atoms with E-state index in [-0.39, 0.29) is 4.90 Å². The van der Waals surface area contributed by atoms with Crippen LogP contribution in [0.3, 0.4) is 0 Å². The Labute approximate surface area is 135 Å². The van der Waals surface area contributed by atoms with Crippen LogP contribution in [0.4, 0.5) is 5.69 Å². The van der Waals surface area contributed by atoms with Gasteiger partial charge in [-0.1, -0.05) is 26.2 Å². The second kappa shape index (κ2) is 7.11. The van der Waals surface area contributed by atoms with Crippen LogP contribution in [0.25, 0.3) is 0 Å². The van der Waals surface area contributed by atoms with Crippen LogP contribution in [0.1, 0.15) is 39.0 Å². The monoisotopic (exact) mass is 374 g/mol. The van der Waals surface area contributed by atoms with Gasteiger partial charge in [-0.3, -0.25) is 0 Å². The zero-order chi connectivity index (χ0) is 15.5. The molecule has 1 fully saturated rings. The highest BCUT2D eigenvalue weighted by molar-refractivity contribution is 9.10. The normalized spacial score (nSPS) is 23.1. The van der Waals surface area contributed by atoms with Crippen LogP contribution in [-0.2, 0) is 10.0 Å². The molecule has 0 radical (unpaired) electrons. The minimum atomic E-state index is -3.48. The maximum Gasteiger partial charge on any atom is 0.241 e. The fraction of sp³-hybridized carbons (Fsp3) is 0.600. The summed E-state index contributed by atoms with van der Waals surface area (Å²) in [6.45, 7) is 2.75. The maximum absolute atomic E-state index is 12.3. The van der Waals surface area contributed by atoms with E-state index in [2.05, 4.69) is 27.6 Å². The molecule has 2 rings (SSSR count). The van der Waals surface area contributed by atoms with Crippen LogP contribution in [0.5, 0.6) is 0 Å². The standard InChI is InChI=1S/C15H23BrN2O2S/c1-2-11-3-5-12(6-4-11)10-18-21(19,20)15-8-7-13(17)9-14(15)16/h7-9,11-12,18H,2-6,10,17H2,1H3. The van der Waals surface area contributed by atoms with Gasteiger partial charge in [-0.2, -0.15) is 0 Å². The van der Waals surface area contributed by atoms with E-state index in [1.165, 1.54) is 25.3 Å². The molecule has 0 amide bonds. The van der Waals surface area contributed by atoms with Gasteiger partial charge in [-0.05, 0) is 58.8 Å². The Kier molecular flexibility index (Phi) is 5.68. The van der Waals surface area contributed by atoms with Crippen molar-refractivity contribution < 1.29 is 8.42 Å². The second-order valence-corrected chi connectivity index (χ2v) is 8.43. The Balaban J connectivity index is 1.96. The summed E-state index contributed by atoms with van der Waals surface area (Å²) in [5.74, 6) is 1.28. The highest BCUT2D eigenvalue weighted by Gasteiger charge is 2.23. The third kappa shape index (κ3) is 4.44. The summed E-state index contributed by atoms with van der Waals surface area (Å²) in [6.07, 6.45) is 5.90. The first kappa shape index (κ1) is 16.8. The molecule has 3 N–H and O–H groups in total. The highest BCUT2D eigenvalue weighted by Crippen LogP contribution is 2.30. The number of sulfonamides is 1. The zero-order valence-corrected chi connectivity index (χ0v) is 14.7. The van der Waals surface area contributed by atoms with Crippen molar-refractivity contribution in [2.75, 3.05) is 12.3 Å². The van der Waals surface area contributed by atoms with E-state index in [1.807, 2.05) is 0 Å². The molecule has 0 bridgehead atoms. The van der Waals surface area contributed by atoms with Gasteiger partial charge >= 0.3 is 0 Å². The van der Waals surface area contributed by atoms with E-state index in [9.17, 15) is 8.42 Å². The number of anilines is 1. The van der Waals surface area contributed by atoms with Crippen LogP contribution in [-0.4, -0.2) is 15.0 Å². The number of nitrogen functional groups attached to an aromatic ring is 1. The van der Waals surface area contributed by atoms with E-state index >= 15 is 0 Å². The van der Waals surface area contributed by atoms with Gasteiger partial charge in [-0.25, -0.2) is 13.1 Å². The van der Waals surface area contributed by atoms with Gasteiger partial charge in [-0.15, -0.1) is 0 Å². The summed E-state index contributed by atoms with van der Waals surface area (Å²) in [7, 11) is -3.48. The lowest BCUT2D eigenvalue weighted by Gasteiger charge is -2.27. The number of halogens is 1. The van der Waals surface area contributed by atoms with Crippen molar-refractivity contribution in [3.8, 4) is 0 Å². The summed E-state index contributed by atoms with van der Waals surface area (Å²) in [4.78, 5) is 0.249. The second-order valence-electron chi connectivity index (χ2n) is 5.84. The van der Waals surface area contributed by atoms with Crippen molar-refractivity contribution in [2.45, 2.75) is 43.9 Å². The number of rotatable bonds is 5. The molecule has 0 spiro atoms. The molecule has 1 saturated carbocycles. The van der Waals surface area contributed by atoms with Crippen molar-refractivity contribution in [1.29, 1.82) is 0 Å². The Morgan fingerprint density at radius 2 is 1.86 bits per heavy atom. The minimum Gasteiger partial charge on any atom is -0.399 e. The third-order valence-corrected chi connectivity index (χ3v) is 6.75. The first-order valence-corrected chi connectivity index (χ1v) is 9.74. The summed E-state index contributed by atoms with van der Waals surface area (Å²) in [5.41, 5.74) is 6.18. The summed E-state index contributed by atoms with van der Waals surface area (Å²) in [5, 5.41) is 0. The first-order chi connectivity index (χ1) is 9.92. The summed E-state index contributed by atoms with van der Waals surface area (Å²) >= 11 is 3.27. The fourth-order valence-corrected chi connectivity index (χ4v) is 5.09. The van der Waals surface area contributed by atoms with Gasteiger partial charge < -0.3 is 5.73 Å². The molecule has 21 heavy (non-hydrogen) atoms. The van der Waals surface area contributed by atoms with Gasteiger partial charge in [0.1, 0.15) is 0 Å². The van der Waals surface area contributed by atoms with Crippen LogP contribution in [0.15, 0.2) is 27.6 Å². The molecule has 0 aromatic heterocycles. The topological polar surface area (TPSA) is 72.2 Å². The predicted octanol–water partition coefficient (Wildman–Crippen LogP) is 3.53. The van der Waals surface area contributed by atoms with Crippen molar-refractivity contribution in [3.05, 3.63) is 22.7 Å². The van der Waals surface area contributed by atoms with E-state index in [1.54, 1.807) is 12.1 Å². The van der Waals surface area contributed by atoms with Gasteiger partial charge in [0, 0.05) is 16.7 Å². The van der Waals surface area contributed by atoms with Crippen LogP contribution < -0.4 is 10.5 Å². The lowest BCUT2D eigenvalue weighted by Crippen LogP contribution is -2.31. The van der Waals surface area contributed by atoms with Gasteiger partial charge in [0.25, 0.3) is 0 Å². The quantitative estimate of drug-likeness (QED) is 0.774. The van der Waals surface area contributed by atoms with E-state index in [0.29, 0.717) is 22.6 Å². The number of hydrogen-bond acceptors (Lipinski definition) is 3. The van der Waals surface area contributed by atoms with Crippen molar-refractivity contribution in [3.63, 3.8) is 0 Å². The molecule has 118 valence electrons. The molecule has 4 nitrogen and oxygen atoms in total. The molecule has 0 unspecified atom stereocenters. The van der Waals surface area contributed by atoms with E-state index in [0.717, 1.165) is 18.8 Å². The zero-order valence-electron chi connectivity index (χ0n) is 12.3. The van der Waals surface area contributed by atoms with Gasteiger partial charge in [0.2, 0.25) is 10.0 Å². The largest absolute Gasteiger partial charge is 0.399 e. The Hall–Kier alpha value is -0.590. The number of benzene rings is 1. The minimum absolute atomic E-state index is 0.249. The average Bonchev–Trinajstić information content (AvgIpc) is 2.45. The molecule has 6 heteroatoms. The number of nitrogens with two attached hydrogens (primary N) is 1. The molecule has 1 aliphatic rings. The Morgan fingerprint density at radius 1 is 1.24 bits per heavy atom. The molecule has 0 saturated heterocycles. The summed E-state index contributed by atoms with van der Waals surface area (Å²) < 4.78 is 27.9. The average molecular weight is 375 g/mol. The first-order valence-electron chi connectivity index (χ1n) is 7.47. The SMILES string of the molecule is CCC1CCC(CNS(=O)(=O)c2ccc(N)cc2Br)CC1. The molecular formula is C15H23BrN2O2S. The van der Waals surface area contributed by atoms with Crippen LogP contribution >= 0.6 is 15.9 Å². The van der Waals surface area contributed by atoms with Crippen molar-refractivity contribution >= 4 is 31.6 Å². The summed E-state index contributed by atoms with van der Waals surface area (Å²) in [6, 6.07) is 4.75. The van der Waals surface area contributed by atoms with Crippen LogP contribution in [0, 0.1) is 11.8 Å². The third-order valence-electron chi connectivity index (χ3n) is 4.35. The lowest BCUT2D eigenvalue weighted by atomic mass is 9.81. The molecular weight excluding hydrogens is 352 g/mol. The molecule has 0 heterocycles. The maximum atomic E-state index is 12.3. The van der Waals surface area contributed by atoms with Crippen LogP contribution in [0.2, 0.25) is 0 Å². The van der Waals surface area contributed by atoms with Gasteiger partial charge in [0.05, 0.1) is 4.90 Å². The smallest absolute Gasteiger partial charge is 0.241 e. The van der Waals surface area contributed by atoms with Gasteiger partial charge in [0.15, 0.2) is 0 Å². The van der Waals surface area contributed by atoms with E-state index in [4.69, 9.17) is 5.73 Å². The molecule has 0 atom stereocenters. The van der Waals surface area contributed by atoms with Crippen molar-refractivity contribution in [1.82, 2.24) is 4.72 Å². The number of nitrogens with one attached hydrogen (secondary N) is 1. The lowest BCUT2D eigenvalue weighted by molar-refractivity contribution is 0.270. The fourth-order valence-electron chi connectivity index (χ4n) is 2.88.